The monoisotopic (exact) mass is 293 g/mol. The molecular formula is C16H27N3O2. The van der Waals surface area contributed by atoms with Crippen LogP contribution in [0.1, 0.15) is 38.5 Å². The number of nitrogens with one attached hydrogen (secondary N) is 1. The number of hydrogen-bond acceptors (Lipinski definition) is 2. The molecule has 5 heteroatoms. The standard InChI is InChI=1S/C16H27N3O2/c1-18(2)15(20)12-13-8-10-19(11-9-13)16(21)17-14-6-4-3-5-7-14/h4,6,13-14H,3,5,7-12H2,1-2H3,(H,17,21)/t14-/m1/s1. The lowest BCUT2D eigenvalue weighted by atomic mass is 9.93. The van der Waals surface area contributed by atoms with Crippen molar-refractivity contribution in [3.8, 4) is 0 Å². The SMILES string of the molecule is CN(C)C(=O)CC1CCN(C(=O)N[C@@H]2C=CCCC2)CC1. The Hall–Kier alpha value is -1.52. The molecule has 1 N–H and O–H groups in total. The molecule has 1 fully saturated rings. The molecule has 5 nitrogen and oxygen atoms in total. The summed E-state index contributed by atoms with van der Waals surface area (Å²) >= 11 is 0. The summed E-state index contributed by atoms with van der Waals surface area (Å²) in [5, 5.41) is 3.09. The van der Waals surface area contributed by atoms with Gasteiger partial charge in [-0.3, -0.25) is 4.79 Å². The summed E-state index contributed by atoms with van der Waals surface area (Å²) in [6.07, 6.45) is 10.0. The Morgan fingerprint density at radius 3 is 2.52 bits per heavy atom. The number of carbonyl (C=O) groups is 2. The third kappa shape index (κ3) is 4.76. The lowest BCUT2D eigenvalue weighted by Crippen LogP contribution is -2.48. The highest BCUT2D eigenvalue weighted by Gasteiger charge is 2.25. The Morgan fingerprint density at radius 2 is 1.95 bits per heavy atom. The van der Waals surface area contributed by atoms with E-state index in [1.165, 1.54) is 0 Å². The fraction of sp³-hybridized carbons (Fsp3) is 0.750. The van der Waals surface area contributed by atoms with E-state index in [4.69, 9.17) is 0 Å². The summed E-state index contributed by atoms with van der Waals surface area (Å²) in [7, 11) is 3.59. The Kier molecular flexibility index (Phi) is 5.65. The number of nitrogens with zero attached hydrogens (tertiary/aromatic N) is 2. The molecule has 0 aromatic carbocycles. The Balaban J connectivity index is 1.72. The van der Waals surface area contributed by atoms with Gasteiger partial charge in [-0.15, -0.1) is 0 Å². The highest BCUT2D eigenvalue weighted by Crippen LogP contribution is 2.21. The van der Waals surface area contributed by atoms with E-state index in [0.717, 1.165) is 45.2 Å². The average Bonchev–Trinajstić information content (AvgIpc) is 2.48. The minimum Gasteiger partial charge on any atom is -0.349 e. The molecule has 0 bridgehead atoms. The van der Waals surface area contributed by atoms with Gasteiger partial charge in [0.2, 0.25) is 5.91 Å². The summed E-state index contributed by atoms with van der Waals surface area (Å²) in [4.78, 5) is 27.5. The first kappa shape index (κ1) is 15.9. The van der Waals surface area contributed by atoms with E-state index in [1.807, 2.05) is 4.90 Å². The quantitative estimate of drug-likeness (QED) is 0.809. The van der Waals surface area contributed by atoms with Crippen molar-refractivity contribution >= 4 is 11.9 Å². The lowest BCUT2D eigenvalue weighted by molar-refractivity contribution is -0.129. The second-order valence-electron chi connectivity index (χ2n) is 6.34. The molecule has 1 aliphatic heterocycles. The molecule has 118 valence electrons. The molecule has 0 spiro atoms. The summed E-state index contributed by atoms with van der Waals surface area (Å²) in [6.45, 7) is 1.52. The molecule has 3 amide bonds. The molecule has 0 saturated carbocycles. The first-order valence-electron chi connectivity index (χ1n) is 7.98. The molecule has 1 atom stereocenters. The van der Waals surface area contributed by atoms with Crippen LogP contribution >= 0.6 is 0 Å². The van der Waals surface area contributed by atoms with Crippen molar-refractivity contribution in [1.82, 2.24) is 15.1 Å². The Morgan fingerprint density at radius 1 is 1.24 bits per heavy atom. The third-order valence-corrected chi connectivity index (χ3v) is 4.43. The van der Waals surface area contributed by atoms with E-state index in [0.29, 0.717) is 12.3 Å². The van der Waals surface area contributed by atoms with Gasteiger partial charge in [0.25, 0.3) is 0 Å². The van der Waals surface area contributed by atoms with Crippen molar-refractivity contribution < 1.29 is 9.59 Å². The molecule has 0 radical (unpaired) electrons. The number of rotatable bonds is 3. The maximum Gasteiger partial charge on any atom is 0.317 e. The molecule has 0 aromatic heterocycles. The molecular weight excluding hydrogens is 266 g/mol. The van der Waals surface area contributed by atoms with Crippen LogP contribution in [0.2, 0.25) is 0 Å². The fourth-order valence-electron chi connectivity index (χ4n) is 2.95. The minimum absolute atomic E-state index is 0.0453. The summed E-state index contributed by atoms with van der Waals surface area (Å²) in [5.74, 6) is 0.601. The van der Waals surface area contributed by atoms with Gasteiger partial charge in [0.1, 0.15) is 0 Å². The molecule has 0 aromatic rings. The van der Waals surface area contributed by atoms with Crippen LogP contribution in [0.15, 0.2) is 12.2 Å². The predicted octanol–water partition coefficient (Wildman–Crippen LogP) is 1.99. The van der Waals surface area contributed by atoms with Crippen molar-refractivity contribution in [2.24, 2.45) is 5.92 Å². The number of amides is 3. The molecule has 2 aliphatic rings. The zero-order valence-corrected chi connectivity index (χ0v) is 13.2. The number of urea groups is 1. The van der Waals surface area contributed by atoms with E-state index in [9.17, 15) is 9.59 Å². The average molecular weight is 293 g/mol. The van der Waals surface area contributed by atoms with Crippen LogP contribution in [0.25, 0.3) is 0 Å². The predicted molar refractivity (Wildman–Crippen MR) is 82.9 cm³/mol. The van der Waals surface area contributed by atoms with Gasteiger partial charge < -0.3 is 15.1 Å². The van der Waals surface area contributed by atoms with Gasteiger partial charge in [-0.1, -0.05) is 12.2 Å². The van der Waals surface area contributed by atoms with Gasteiger partial charge in [0, 0.05) is 39.6 Å². The van der Waals surface area contributed by atoms with Crippen LogP contribution in [0.3, 0.4) is 0 Å². The Bertz CT molecular complexity index is 398. The summed E-state index contributed by atoms with van der Waals surface area (Å²) in [6, 6.07) is 0.239. The first-order valence-corrected chi connectivity index (χ1v) is 7.98. The van der Waals surface area contributed by atoms with Crippen LogP contribution in [0.5, 0.6) is 0 Å². The third-order valence-electron chi connectivity index (χ3n) is 4.43. The number of hydrogen-bond donors (Lipinski definition) is 1. The molecule has 1 aliphatic carbocycles. The molecule has 0 unspecified atom stereocenters. The second kappa shape index (κ2) is 7.48. The lowest BCUT2D eigenvalue weighted by Gasteiger charge is -2.33. The molecule has 21 heavy (non-hydrogen) atoms. The van der Waals surface area contributed by atoms with Crippen LogP contribution in [0, 0.1) is 5.92 Å². The Labute approximate surface area is 127 Å². The van der Waals surface area contributed by atoms with E-state index in [1.54, 1.807) is 19.0 Å². The van der Waals surface area contributed by atoms with Crippen molar-refractivity contribution in [2.75, 3.05) is 27.2 Å². The molecule has 1 heterocycles. The zero-order valence-electron chi connectivity index (χ0n) is 13.2. The highest BCUT2D eigenvalue weighted by atomic mass is 16.2. The number of carbonyl (C=O) groups excluding carboxylic acids is 2. The summed E-state index contributed by atoms with van der Waals surface area (Å²) in [5.41, 5.74) is 0. The van der Waals surface area contributed by atoms with Crippen LogP contribution < -0.4 is 5.32 Å². The van der Waals surface area contributed by atoms with E-state index < -0.39 is 0 Å². The normalized spacial score (nSPS) is 23.0. The van der Waals surface area contributed by atoms with Crippen molar-refractivity contribution in [3.05, 3.63) is 12.2 Å². The van der Waals surface area contributed by atoms with Gasteiger partial charge in [-0.2, -0.15) is 0 Å². The van der Waals surface area contributed by atoms with Crippen LogP contribution in [0.4, 0.5) is 4.79 Å². The van der Waals surface area contributed by atoms with Gasteiger partial charge in [0.15, 0.2) is 0 Å². The van der Waals surface area contributed by atoms with Crippen LogP contribution in [-0.2, 0) is 4.79 Å². The maximum absolute atomic E-state index is 12.2. The molecule has 2 rings (SSSR count). The van der Waals surface area contributed by atoms with Gasteiger partial charge >= 0.3 is 6.03 Å². The highest BCUT2D eigenvalue weighted by molar-refractivity contribution is 5.76. The van der Waals surface area contributed by atoms with E-state index >= 15 is 0 Å². The van der Waals surface area contributed by atoms with Gasteiger partial charge in [-0.05, 0) is 38.0 Å². The van der Waals surface area contributed by atoms with Gasteiger partial charge in [-0.25, -0.2) is 4.79 Å². The maximum atomic E-state index is 12.2. The number of piperidine rings is 1. The van der Waals surface area contributed by atoms with Crippen LogP contribution in [-0.4, -0.2) is 55.0 Å². The van der Waals surface area contributed by atoms with E-state index in [-0.39, 0.29) is 18.0 Å². The number of likely N-dealkylation sites (tertiary alicyclic amines) is 1. The smallest absolute Gasteiger partial charge is 0.317 e. The number of allylic oxidation sites excluding steroid dienone is 1. The first-order chi connectivity index (χ1) is 10.1. The van der Waals surface area contributed by atoms with Gasteiger partial charge in [0.05, 0.1) is 0 Å². The fourth-order valence-corrected chi connectivity index (χ4v) is 2.95. The zero-order chi connectivity index (χ0) is 15.2. The largest absolute Gasteiger partial charge is 0.349 e. The van der Waals surface area contributed by atoms with Crippen molar-refractivity contribution in [3.63, 3.8) is 0 Å². The topological polar surface area (TPSA) is 52.7 Å². The van der Waals surface area contributed by atoms with Crippen molar-refractivity contribution in [1.29, 1.82) is 0 Å². The minimum atomic E-state index is 0.0453. The summed E-state index contributed by atoms with van der Waals surface area (Å²) < 4.78 is 0. The van der Waals surface area contributed by atoms with Crippen molar-refractivity contribution in [2.45, 2.75) is 44.6 Å². The molecule has 1 saturated heterocycles. The van der Waals surface area contributed by atoms with E-state index in [2.05, 4.69) is 17.5 Å². The second-order valence-corrected chi connectivity index (χ2v) is 6.34.